The predicted molar refractivity (Wildman–Crippen MR) is 73.6 cm³/mol. The van der Waals surface area contributed by atoms with Gasteiger partial charge < -0.3 is 10.1 Å². The molecular weight excluding hydrogens is 228 g/mol. The number of hydrogen-bond acceptors (Lipinski definition) is 4. The highest BCUT2D eigenvalue weighted by molar-refractivity contribution is 5.80. The molecule has 2 unspecified atom stereocenters. The number of nitrogens with one attached hydrogen (secondary N) is 1. The van der Waals surface area contributed by atoms with Crippen LogP contribution in [0.2, 0.25) is 0 Å². The van der Waals surface area contributed by atoms with E-state index in [-0.39, 0.29) is 5.97 Å². The van der Waals surface area contributed by atoms with Crippen LogP contribution in [0.15, 0.2) is 0 Å². The Balaban J connectivity index is 2.68. The van der Waals surface area contributed by atoms with Crippen LogP contribution >= 0.6 is 0 Å². The highest BCUT2D eigenvalue weighted by atomic mass is 16.5. The lowest BCUT2D eigenvalue weighted by Gasteiger charge is -2.39. The molecule has 2 atom stereocenters. The molecule has 0 bridgehead atoms. The molecule has 1 rings (SSSR count). The van der Waals surface area contributed by atoms with Crippen molar-refractivity contribution in [3.05, 3.63) is 0 Å². The summed E-state index contributed by atoms with van der Waals surface area (Å²) >= 11 is 0. The zero-order valence-electron chi connectivity index (χ0n) is 12.3. The summed E-state index contributed by atoms with van der Waals surface area (Å²) in [5.41, 5.74) is -0.587. The molecule has 0 aromatic carbocycles. The zero-order valence-corrected chi connectivity index (χ0v) is 12.3. The third-order valence-corrected chi connectivity index (χ3v) is 3.75. The molecular formula is C14H28N2O2. The fraction of sp³-hybridized carbons (Fsp3) is 0.929. The molecule has 0 aromatic heterocycles. The minimum Gasteiger partial charge on any atom is -0.465 e. The van der Waals surface area contributed by atoms with Gasteiger partial charge in [-0.15, -0.1) is 0 Å². The van der Waals surface area contributed by atoms with Crippen molar-refractivity contribution in [1.82, 2.24) is 10.2 Å². The molecule has 0 spiro atoms. The van der Waals surface area contributed by atoms with Crippen LogP contribution in [0.3, 0.4) is 0 Å². The largest absolute Gasteiger partial charge is 0.465 e. The van der Waals surface area contributed by atoms with E-state index in [1.807, 2.05) is 20.8 Å². The molecule has 1 N–H and O–H groups in total. The molecule has 0 aromatic rings. The van der Waals surface area contributed by atoms with Gasteiger partial charge in [0, 0.05) is 12.6 Å². The molecule has 0 amide bonds. The number of hydrogen-bond donors (Lipinski definition) is 1. The normalized spacial score (nSPS) is 24.6. The van der Waals surface area contributed by atoms with Crippen LogP contribution in [-0.2, 0) is 9.53 Å². The van der Waals surface area contributed by atoms with Crippen molar-refractivity contribution >= 4 is 5.97 Å². The number of nitrogens with zero attached hydrogens (tertiary/aromatic N) is 1. The number of esters is 1. The fourth-order valence-electron chi connectivity index (χ4n) is 2.67. The number of likely N-dealkylation sites (N-methyl/N-ethyl adjacent to an activating group) is 1. The minimum atomic E-state index is -0.587. The Morgan fingerprint density at radius 2 is 2.17 bits per heavy atom. The van der Waals surface area contributed by atoms with Gasteiger partial charge in [-0.05, 0) is 46.7 Å². The van der Waals surface area contributed by atoms with E-state index in [4.69, 9.17) is 4.74 Å². The van der Waals surface area contributed by atoms with E-state index in [2.05, 4.69) is 17.1 Å². The molecule has 1 heterocycles. The summed E-state index contributed by atoms with van der Waals surface area (Å²) < 4.78 is 5.21. The molecule has 0 aliphatic carbocycles. The van der Waals surface area contributed by atoms with E-state index < -0.39 is 5.54 Å². The van der Waals surface area contributed by atoms with E-state index in [9.17, 15) is 4.79 Å². The van der Waals surface area contributed by atoms with E-state index in [0.29, 0.717) is 12.6 Å². The van der Waals surface area contributed by atoms with Gasteiger partial charge in [0.15, 0.2) is 0 Å². The van der Waals surface area contributed by atoms with Gasteiger partial charge in [0.2, 0.25) is 0 Å². The quantitative estimate of drug-likeness (QED) is 0.736. The molecule has 0 saturated carbocycles. The molecule has 1 fully saturated rings. The predicted octanol–water partition coefficient (Wildman–Crippen LogP) is 1.79. The first-order valence-electron chi connectivity index (χ1n) is 7.19. The second kappa shape index (κ2) is 7.10. The summed E-state index contributed by atoms with van der Waals surface area (Å²) in [6.07, 6.45) is 3.76. The van der Waals surface area contributed by atoms with Crippen molar-refractivity contribution in [3.63, 3.8) is 0 Å². The van der Waals surface area contributed by atoms with Gasteiger partial charge in [-0.3, -0.25) is 9.69 Å². The Kier molecular flexibility index (Phi) is 6.09. The summed E-state index contributed by atoms with van der Waals surface area (Å²) in [6.45, 7) is 11.1. The lowest BCUT2D eigenvalue weighted by Crippen LogP contribution is -2.59. The van der Waals surface area contributed by atoms with Gasteiger partial charge in [0.25, 0.3) is 0 Å². The number of carbonyl (C=O) groups is 1. The van der Waals surface area contributed by atoms with Gasteiger partial charge in [-0.1, -0.05) is 13.3 Å². The standard InChI is InChI=1S/C14H28N2O2/c1-5-15-14(4,13(17)18-6-2)11-16-10-8-7-9-12(16)3/h12,15H,5-11H2,1-4H3. The van der Waals surface area contributed by atoms with Gasteiger partial charge in [-0.25, -0.2) is 0 Å². The van der Waals surface area contributed by atoms with Crippen LogP contribution in [0.5, 0.6) is 0 Å². The fourth-order valence-corrected chi connectivity index (χ4v) is 2.67. The third kappa shape index (κ3) is 3.95. The summed E-state index contributed by atoms with van der Waals surface area (Å²) in [5, 5.41) is 3.30. The first-order valence-corrected chi connectivity index (χ1v) is 7.19. The van der Waals surface area contributed by atoms with Crippen LogP contribution in [0.1, 0.15) is 47.0 Å². The molecule has 4 nitrogen and oxygen atoms in total. The lowest BCUT2D eigenvalue weighted by atomic mass is 9.97. The maximum absolute atomic E-state index is 12.1. The van der Waals surface area contributed by atoms with E-state index in [0.717, 1.165) is 19.6 Å². The Morgan fingerprint density at radius 1 is 1.44 bits per heavy atom. The topological polar surface area (TPSA) is 41.6 Å². The van der Waals surface area contributed by atoms with Crippen molar-refractivity contribution < 1.29 is 9.53 Å². The first-order chi connectivity index (χ1) is 8.53. The van der Waals surface area contributed by atoms with Crippen LogP contribution in [-0.4, -0.2) is 48.7 Å². The van der Waals surface area contributed by atoms with E-state index in [1.165, 1.54) is 19.3 Å². The van der Waals surface area contributed by atoms with Crippen molar-refractivity contribution in [1.29, 1.82) is 0 Å². The monoisotopic (exact) mass is 256 g/mol. The summed E-state index contributed by atoms with van der Waals surface area (Å²) in [4.78, 5) is 14.5. The molecule has 1 saturated heterocycles. The molecule has 106 valence electrons. The van der Waals surface area contributed by atoms with E-state index >= 15 is 0 Å². The maximum Gasteiger partial charge on any atom is 0.327 e. The molecule has 18 heavy (non-hydrogen) atoms. The number of ether oxygens (including phenoxy) is 1. The van der Waals surface area contributed by atoms with Crippen molar-refractivity contribution in [2.45, 2.75) is 58.5 Å². The van der Waals surface area contributed by atoms with Gasteiger partial charge in [0.1, 0.15) is 5.54 Å². The number of rotatable bonds is 6. The van der Waals surface area contributed by atoms with Crippen molar-refractivity contribution in [3.8, 4) is 0 Å². The Labute approximate surface area is 111 Å². The van der Waals surface area contributed by atoms with Gasteiger partial charge in [0.05, 0.1) is 6.61 Å². The second-order valence-corrected chi connectivity index (χ2v) is 5.40. The number of carbonyl (C=O) groups excluding carboxylic acids is 1. The Morgan fingerprint density at radius 3 is 2.72 bits per heavy atom. The van der Waals surface area contributed by atoms with Crippen LogP contribution in [0.25, 0.3) is 0 Å². The van der Waals surface area contributed by atoms with E-state index in [1.54, 1.807) is 0 Å². The lowest BCUT2D eigenvalue weighted by molar-refractivity contribution is -0.151. The molecule has 1 aliphatic rings. The Hall–Kier alpha value is -0.610. The van der Waals surface area contributed by atoms with Crippen LogP contribution in [0, 0.1) is 0 Å². The molecule has 4 heteroatoms. The van der Waals surface area contributed by atoms with Crippen LogP contribution < -0.4 is 5.32 Å². The Bertz CT molecular complexity index is 271. The third-order valence-electron chi connectivity index (χ3n) is 3.75. The molecule has 0 radical (unpaired) electrons. The van der Waals surface area contributed by atoms with Crippen LogP contribution in [0.4, 0.5) is 0 Å². The number of piperidine rings is 1. The average Bonchev–Trinajstić information content (AvgIpc) is 2.33. The summed E-state index contributed by atoms with van der Waals surface area (Å²) in [6, 6.07) is 0.561. The first kappa shape index (κ1) is 15.4. The average molecular weight is 256 g/mol. The van der Waals surface area contributed by atoms with Gasteiger partial charge >= 0.3 is 5.97 Å². The van der Waals surface area contributed by atoms with Crippen molar-refractivity contribution in [2.75, 3.05) is 26.2 Å². The summed E-state index contributed by atoms with van der Waals surface area (Å²) in [7, 11) is 0. The second-order valence-electron chi connectivity index (χ2n) is 5.40. The smallest absolute Gasteiger partial charge is 0.327 e. The van der Waals surface area contributed by atoms with Gasteiger partial charge in [-0.2, -0.15) is 0 Å². The molecule has 1 aliphatic heterocycles. The zero-order chi connectivity index (χ0) is 13.6. The van der Waals surface area contributed by atoms with Crippen molar-refractivity contribution in [2.24, 2.45) is 0 Å². The summed E-state index contributed by atoms with van der Waals surface area (Å²) in [5.74, 6) is -0.135. The highest BCUT2D eigenvalue weighted by Gasteiger charge is 2.37. The number of likely N-dealkylation sites (tertiary alicyclic amines) is 1. The maximum atomic E-state index is 12.1. The SMILES string of the molecule is CCNC(C)(CN1CCCCC1C)C(=O)OCC. The highest BCUT2D eigenvalue weighted by Crippen LogP contribution is 2.20. The minimum absolute atomic E-state index is 0.135.